The van der Waals surface area contributed by atoms with E-state index >= 15 is 0 Å². The lowest BCUT2D eigenvalue weighted by Gasteiger charge is -2.46. The Morgan fingerprint density at radius 1 is 0.857 bits per heavy atom. The molecular formula is C24H31NO10. The van der Waals surface area contributed by atoms with E-state index < -0.39 is 53.8 Å². The minimum absolute atomic E-state index is 0.00591. The van der Waals surface area contributed by atoms with Crippen LogP contribution < -0.4 is 5.73 Å². The molecule has 11 nitrogen and oxygen atoms in total. The van der Waals surface area contributed by atoms with Gasteiger partial charge in [-0.15, -0.1) is 0 Å². The number of rotatable bonds is 8. The quantitative estimate of drug-likeness (QED) is 0.320. The standard InChI is InChI=1S/C24H31NO10/c1-13(26)32-20-11-24(35-16(4)29,12-21(33-14(2)27)22(20)34-15(3)28)7-6-17-8-18(23(30)31-5)10-19(25)9-17/h8-10,20-22H,6-7,11-12,25H2,1-5H3/t20-,21-,22-,24+/m1/s1. The van der Waals surface area contributed by atoms with E-state index in [-0.39, 0.29) is 24.8 Å². The lowest BCUT2D eigenvalue weighted by molar-refractivity contribution is -0.215. The molecule has 0 saturated heterocycles. The number of ether oxygens (including phenoxy) is 5. The molecule has 0 aromatic heterocycles. The second kappa shape index (κ2) is 11.7. The Labute approximate surface area is 203 Å². The van der Waals surface area contributed by atoms with Crippen LogP contribution >= 0.6 is 0 Å². The van der Waals surface area contributed by atoms with Gasteiger partial charge in [0, 0.05) is 46.2 Å². The molecule has 0 amide bonds. The molecule has 1 aliphatic carbocycles. The van der Waals surface area contributed by atoms with Gasteiger partial charge in [0.15, 0.2) is 6.10 Å². The van der Waals surface area contributed by atoms with Gasteiger partial charge in [-0.05, 0) is 36.6 Å². The molecule has 192 valence electrons. The van der Waals surface area contributed by atoms with Crippen LogP contribution in [0.2, 0.25) is 0 Å². The van der Waals surface area contributed by atoms with Gasteiger partial charge in [0.1, 0.15) is 17.8 Å². The topological polar surface area (TPSA) is 158 Å². The first-order chi connectivity index (χ1) is 16.3. The predicted octanol–water partition coefficient (Wildman–Crippen LogP) is 1.88. The third-order valence-corrected chi connectivity index (χ3v) is 5.48. The van der Waals surface area contributed by atoms with Gasteiger partial charge in [-0.2, -0.15) is 0 Å². The van der Waals surface area contributed by atoms with E-state index in [1.165, 1.54) is 40.9 Å². The largest absolute Gasteiger partial charge is 0.465 e. The Morgan fingerprint density at radius 2 is 1.40 bits per heavy atom. The van der Waals surface area contributed by atoms with E-state index in [1.807, 2.05) is 0 Å². The summed E-state index contributed by atoms with van der Waals surface area (Å²) in [5.41, 5.74) is 5.98. The summed E-state index contributed by atoms with van der Waals surface area (Å²) in [6.45, 7) is 4.80. The maximum Gasteiger partial charge on any atom is 0.337 e. The van der Waals surface area contributed by atoms with Crippen LogP contribution in [0.15, 0.2) is 18.2 Å². The zero-order chi connectivity index (χ0) is 26.3. The highest BCUT2D eigenvalue weighted by molar-refractivity contribution is 5.90. The molecule has 1 aromatic carbocycles. The number of nitrogens with two attached hydrogens (primary N) is 1. The molecule has 11 heteroatoms. The van der Waals surface area contributed by atoms with Gasteiger partial charge in [-0.25, -0.2) is 4.79 Å². The summed E-state index contributed by atoms with van der Waals surface area (Å²) < 4.78 is 26.6. The molecule has 1 aliphatic rings. The first kappa shape index (κ1) is 27.6. The lowest BCUT2D eigenvalue weighted by Crippen LogP contribution is -2.57. The summed E-state index contributed by atoms with van der Waals surface area (Å²) in [6, 6.07) is 4.77. The van der Waals surface area contributed by atoms with Gasteiger partial charge in [0.25, 0.3) is 0 Å². The van der Waals surface area contributed by atoms with Crippen molar-refractivity contribution in [2.45, 2.75) is 77.3 Å². The molecule has 0 radical (unpaired) electrons. The Hall–Kier alpha value is -3.63. The molecule has 2 N–H and O–H groups in total. The zero-order valence-corrected chi connectivity index (χ0v) is 20.5. The van der Waals surface area contributed by atoms with Gasteiger partial charge in [-0.3, -0.25) is 19.2 Å². The Kier molecular flexibility index (Phi) is 9.21. The normalized spacial score (nSPS) is 23.5. The molecule has 35 heavy (non-hydrogen) atoms. The van der Waals surface area contributed by atoms with Crippen LogP contribution in [0.25, 0.3) is 0 Å². The number of aryl methyl sites for hydroxylation is 1. The summed E-state index contributed by atoms with van der Waals surface area (Å²) in [6.07, 6.45) is -2.66. The van der Waals surface area contributed by atoms with Crippen LogP contribution in [0.3, 0.4) is 0 Å². The van der Waals surface area contributed by atoms with Crippen molar-refractivity contribution >= 4 is 35.5 Å². The van der Waals surface area contributed by atoms with Gasteiger partial charge in [-0.1, -0.05) is 0 Å². The highest BCUT2D eigenvalue weighted by Crippen LogP contribution is 2.40. The fourth-order valence-corrected chi connectivity index (χ4v) is 4.39. The van der Waals surface area contributed by atoms with Crippen molar-refractivity contribution in [2.24, 2.45) is 0 Å². The van der Waals surface area contributed by atoms with Crippen molar-refractivity contribution in [3.05, 3.63) is 29.3 Å². The number of nitrogen functional groups attached to an aromatic ring is 1. The molecule has 2 rings (SSSR count). The van der Waals surface area contributed by atoms with Crippen LogP contribution in [0, 0.1) is 0 Å². The Bertz CT molecular complexity index is 963. The van der Waals surface area contributed by atoms with Crippen LogP contribution in [-0.4, -0.2) is 60.9 Å². The average molecular weight is 494 g/mol. The minimum atomic E-state index is -1.24. The maximum atomic E-state index is 12.1. The molecule has 0 unspecified atom stereocenters. The number of benzene rings is 1. The highest BCUT2D eigenvalue weighted by Gasteiger charge is 2.52. The van der Waals surface area contributed by atoms with E-state index in [9.17, 15) is 24.0 Å². The van der Waals surface area contributed by atoms with Crippen molar-refractivity contribution in [2.75, 3.05) is 12.8 Å². The van der Waals surface area contributed by atoms with Gasteiger partial charge in [0.05, 0.1) is 12.7 Å². The van der Waals surface area contributed by atoms with Crippen molar-refractivity contribution in [3.8, 4) is 0 Å². The van der Waals surface area contributed by atoms with E-state index in [2.05, 4.69) is 0 Å². The van der Waals surface area contributed by atoms with E-state index in [0.717, 1.165) is 0 Å². The van der Waals surface area contributed by atoms with Crippen molar-refractivity contribution in [1.29, 1.82) is 0 Å². The summed E-state index contributed by atoms with van der Waals surface area (Å²) in [5, 5.41) is 0. The second-order valence-corrected chi connectivity index (χ2v) is 8.51. The van der Waals surface area contributed by atoms with Crippen molar-refractivity contribution in [3.63, 3.8) is 0 Å². The number of carbonyl (C=O) groups excluding carboxylic acids is 5. The van der Waals surface area contributed by atoms with Crippen molar-refractivity contribution in [1.82, 2.24) is 0 Å². The SMILES string of the molecule is COC(=O)c1cc(N)cc(CC[C@]2(OC(C)=O)C[C@@H](OC(C)=O)[C@@H](OC(C)=O)[C@H](OC(C)=O)C2)c1. The predicted molar refractivity (Wildman–Crippen MR) is 121 cm³/mol. The van der Waals surface area contributed by atoms with Crippen LogP contribution in [0.5, 0.6) is 0 Å². The number of methoxy groups -OCH3 is 1. The van der Waals surface area contributed by atoms with Gasteiger partial charge in [0.2, 0.25) is 0 Å². The summed E-state index contributed by atoms with van der Waals surface area (Å²) in [7, 11) is 1.26. The fraction of sp³-hybridized carbons (Fsp3) is 0.542. The molecule has 1 aromatic rings. The first-order valence-corrected chi connectivity index (χ1v) is 11.0. The van der Waals surface area contributed by atoms with E-state index in [1.54, 1.807) is 12.1 Å². The Morgan fingerprint density at radius 3 is 1.86 bits per heavy atom. The average Bonchev–Trinajstić information content (AvgIpc) is 2.72. The zero-order valence-electron chi connectivity index (χ0n) is 20.5. The number of esters is 5. The highest BCUT2D eigenvalue weighted by atomic mass is 16.6. The molecular weight excluding hydrogens is 462 g/mol. The monoisotopic (exact) mass is 493 g/mol. The number of hydrogen-bond donors (Lipinski definition) is 1. The first-order valence-electron chi connectivity index (χ1n) is 11.0. The third kappa shape index (κ3) is 7.97. The smallest absolute Gasteiger partial charge is 0.337 e. The molecule has 2 atom stereocenters. The Balaban J connectivity index is 2.44. The maximum absolute atomic E-state index is 12.1. The molecule has 0 spiro atoms. The molecule has 0 bridgehead atoms. The minimum Gasteiger partial charge on any atom is -0.465 e. The van der Waals surface area contributed by atoms with E-state index in [0.29, 0.717) is 17.7 Å². The van der Waals surface area contributed by atoms with Gasteiger partial charge >= 0.3 is 29.8 Å². The summed E-state index contributed by atoms with van der Waals surface area (Å²) in [5.74, 6) is -3.10. The molecule has 0 aliphatic heterocycles. The molecule has 1 fully saturated rings. The second-order valence-electron chi connectivity index (χ2n) is 8.51. The number of carbonyl (C=O) groups is 5. The van der Waals surface area contributed by atoms with Crippen LogP contribution in [0.1, 0.15) is 62.9 Å². The summed E-state index contributed by atoms with van der Waals surface area (Å²) in [4.78, 5) is 59.4. The molecule has 0 heterocycles. The van der Waals surface area contributed by atoms with Crippen LogP contribution in [0.4, 0.5) is 5.69 Å². The summed E-state index contributed by atoms with van der Waals surface area (Å²) >= 11 is 0. The van der Waals surface area contributed by atoms with E-state index in [4.69, 9.17) is 29.4 Å². The van der Waals surface area contributed by atoms with Crippen LogP contribution in [-0.2, 0) is 49.3 Å². The number of anilines is 1. The van der Waals surface area contributed by atoms with Crippen molar-refractivity contribution < 1.29 is 47.7 Å². The lowest BCUT2D eigenvalue weighted by atomic mass is 9.76. The van der Waals surface area contributed by atoms with Gasteiger partial charge < -0.3 is 29.4 Å². The number of hydrogen-bond acceptors (Lipinski definition) is 11. The molecule has 1 saturated carbocycles. The fourth-order valence-electron chi connectivity index (χ4n) is 4.39. The third-order valence-electron chi connectivity index (χ3n) is 5.48.